The molecule has 2 rings (SSSR count). The summed E-state index contributed by atoms with van der Waals surface area (Å²) in [4.78, 5) is 37.8. The molecule has 0 spiro atoms. The number of piperidine rings is 1. The number of halogens is 1. The summed E-state index contributed by atoms with van der Waals surface area (Å²) in [5, 5.41) is 8.92. The Bertz CT molecular complexity index is 1080. The highest BCUT2D eigenvalue weighted by atomic mass is 28.4. The number of amides is 1. The number of benzene rings is 1. The number of carbonyl (C=O) groups is 3. The Balaban J connectivity index is 2.31. The second-order valence-corrected chi connectivity index (χ2v) is 17.4. The van der Waals surface area contributed by atoms with Gasteiger partial charge in [0.15, 0.2) is 8.32 Å². The summed E-state index contributed by atoms with van der Waals surface area (Å²) < 4.78 is 36.3. The van der Waals surface area contributed by atoms with Gasteiger partial charge in [0.05, 0.1) is 23.6 Å². The fraction of sp³-hybridized carbons (Fsp3) is 0.679. The smallest absolute Gasteiger partial charge is 0.309 e. The number of carboxylic acids is 1. The van der Waals surface area contributed by atoms with E-state index in [2.05, 4.69) is 33.9 Å². The van der Waals surface area contributed by atoms with E-state index in [4.69, 9.17) is 21.4 Å². The molecule has 1 saturated heterocycles. The molecular weight excluding hydrogens is 507 g/mol. The minimum absolute atomic E-state index is 0.00930. The van der Waals surface area contributed by atoms with Gasteiger partial charge in [-0.2, -0.15) is 0 Å². The van der Waals surface area contributed by atoms with Crippen LogP contribution in [0.4, 0.5) is 10.1 Å². The van der Waals surface area contributed by atoms with E-state index in [0.29, 0.717) is 31.6 Å². The predicted octanol–water partition coefficient (Wildman–Crippen LogP) is 5.35. The van der Waals surface area contributed by atoms with Gasteiger partial charge < -0.3 is 24.9 Å². The van der Waals surface area contributed by atoms with Crippen molar-refractivity contribution >= 4 is 31.9 Å². The molecule has 8 nitrogen and oxygen atoms in total. The second kappa shape index (κ2) is 11.7. The number of carboxylic acid groups (broad SMARTS) is 1. The first kappa shape index (κ1) is 30.1. The normalized spacial score (nSPS) is 18.3. The van der Waals surface area contributed by atoms with Crippen molar-refractivity contribution < 1.29 is 34.4 Å². The van der Waals surface area contributed by atoms with Gasteiger partial charge >= 0.3 is 11.9 Å². The number of carbonyl (C=O) groups excluding carboxylic acids is 2. The summed E-state index contributed by atoms with van der Waals surface area (Å²) in [6.07, 6.45) is 0.272. The highest BCUT2D eigenvalue weighted by Crippen LogP contribution is 2.44. The largest absolute Gasteiger partial charge is 0.481 e. The van der Waals surface area contributed by atoms with Crippen molar-refractivity contribution in [2.24, 2.45) is 5.73 Å². The van der Waals surface area contributed by atoms with Gasteiger partial charge in [-0.15, -0.1) is 0 Å². The van der Waals surface area contributed by atoms with Crippen LogP contribution in [-0.2, 0) is 23.5 Å². The Labute approximate surface area is 228 Å². The molecule has 214 valence electrons. The third-order valence-electron chi connectivity index (χ3n) is 7.36. The molecule has 1 aromatic rings. The van der Waals surface area contributed by atoms with Crippen molar-refractivity contribution in [2.45, 2.75) is 109 Å². The Morgan fingerprint density at radius 2 is 1.76 bits per heavy atom. The zero-order chi connectivity index (χ0) is 30.0. The summed E-state index contributed by atoms with van der Waals surface area (Å²) in [6.45, 7) is 17.0. The molecule has 0 aliphatic carbocycles. The minimum atomic E-state index is -2.26. The molecule has 1 amide bonds. The number of nitrogens with zero attached hydrogens (tertiary/aromatic N) is 1. The highest BCUT2D eigenvalue weighted by Gasteiger charge is 2.47. The standard InChI is InChI=1S/C28H45FN2O6Si/c1-26(2,3)36-24(34)18-28(37-38(7,8)27(4,5)6)13-15-31(16-14-28)22-11-9-19(17-21(22)29)20(25(30)35)10-12-23(32)33/h9,11,17,20H,10,12-16,18H2,1-8H3,(H2,30,35)(H,32,33)/i20D. The summed E-state index contributed by atoms with van der Waals surface area (Å²) in [7, 11) is -2.26. The Morgan fingerprint density at radius 1 is 1.18 bits per heavy atom. The van der Waals surface area contributed by atoms with Crippen LogP contribution in [0.1, 0.15) is 86.5 Å². The van der Waals surface area contributed by atoms with Gasteiger partial charge in [0.25, 0.3) is 0 Å². The minimum Gasteiger partial charge on any atom is -0.481 e. The molecule has 1 aliphatic rings. The molecule has 1 aromatic carbocycles. The van der Waals surface area contributed by atoms with Gasteiger partial charge in [-0.25, -0.2) is 4.39 Å². The predicted molar refractivity (Wildman–Crippen MR) is 148 cm³/mol. The van der Waals surface area contributed by atoms with Crippen LogP contribution < -0.4 is 10.6 Å². The summed E-state index contributed by atoms with van der Waals surface area (Å²) in [5.41, 5.74) is 4.35. The molecule has 1 fully saturated rings. The maximum Gasteiger partial charge on any atom is 0.309 e. The monoisotopic (exact) mass is 553 g/mol. The van der Waals surface area contributed by atoms with Crippen LogP contribution in [-0.4, -0.2) is 55.6 Å². The number of hydrogen-bond acceptors (Lipinski definition) is 6. The quantitative estimate of drug-likeness (QED) is 0.296. The van der Waals surface area contributed by atoms with Gasteiger partial charge in [-0.1, -0.05) is 26.8 Å². The average Bonchev–Trinajstić information content (AvgIpc) is 2.75. The van der Waals surface area contributed by atoms with Crippen molar-refractivity contribution in [3.63, 3.8) is 0 Å². The fourth-order valence-electron chi connectivity index (χ4n) is 4.40. The molecule has 1 heterocycles. The van der Waals surface area contributed by atoms with E-state index >= 15 is 4.39 Å². The molecule has 10 heteroatoms. The molecule has 1 unspecified atom stereocenters. The number of nitrogens with two attached hydrogens (primary N) is 1. The van der Waals surface area contributed by atoms with Crippen molar-refractivity contribution in [2.75, 3.05) is 18.0 Å². The van der Waals surface area contributed by atoms with Crippen LogP contribution in [0.2, 0.25) is 18.1 Å². The molecule has 1 aliphatic heterocycles. The maximum absolute atomic E-state index is 15.4. The van der Waals surface area contributed by atoms with Crippen molar-refractivity contribution in [3.05, 3.63) is 29.6 Å². The number of anilines is 1. The SMILES string of the molecule is [2H]C(CCC(=O)O)(C(N)=O)c1ccc(N2CCC(CC(=O)OC(C)(C)C)(O[Si](C)(C)C(C)(C)C)CC2)c(F)c1. The van der Waals surface area contributed by atoms with Crippen LogP contribution in [0.5, 0.6) is 0 Å². The molecule has 0 aromatic heterocycles. The van der Waals surface area contributed by atoms with Gasteiger partial charge in [0.1, 0.15) is 11.4 Å². The first-order valence-corrected chi connectivity index (χ1v) is 16.0. The fourth-order valence-corrected chi connectivity index (χ4v) is 6.06. The van der Waals surface area contributed by atoms with E-state index in [1.807, 2.05) is 25.7 Å². The number of rotatable bonds is 10. The van der Waals surface area contributed by atoms with Gasteiger partial charge in [-0.3, -0.25) is 14.4 Å². The highest BCUT2D eigenvalue weighted by molar-refractivity contribution is 6.74. The lowest BCUT2D eigenvalue weighted by atomic mass is 9.87. The molecule has 0 saturated carbocycles. The first-order valence-electron chi connectivity index (χ1n) is 13.6. The van der Waals surface area contributed by atoms with Gasteiger partial charge in [0, 0.05) is 20.9 Å². The topological polar surface area (TPSA) is 119 Å². The zero-order valence-corrected chi connectivity index (χ0v) is 25.1. The number of aliphatic carboxylic acids is 1. The molecular formula is C28H45FN2O6Si. The lowest BCUT2D eigenvalue weighted by molar-refractivity contribution is -0.160. The Kier molecular flexibility index (Phi) is 9.29. The van der Waals surface area contributed by atoms with E-state index in [0.717, 1.165) is 6.07 Å². The van der Waals surface area contributed by atoms with Gasteiger partial charge in [0.2, 0.25) is 5.91 Å². The lowest BCUT2D eigenvalue weighted by Gasteiger charge is -2.49. The van der Waals surface area contributed by atoms with Crippen LogP contribution in [0.15, 0.2) is 18.2 Å². The number of hydrogen-bond donors (Lipinski definition) is 2. The third kappa shape index (κ3) is 8.52. The van der Waals surface area contributed by atoms with Gasteiger partial charge in [-0.05, 0) is 75.9 Å². The number of esters is 1. The summed E-state index contributed by atoms with van der Waals surface area (Å²) in [6, 6.07) is 4.03. The zero-order valence-electron chi connectivity index (χ0n) is 25.1. The van der Waals surface area contributed by atoms with Crippen LogP contribution >= 0.6 is 0 Å². The van der Waals surface area contributed by atoms with Crippen molar-refractivity contribution in [3.8, 4) is 0 Å². The van der Waals surface area contributed by atoms with Crippen molar-refractivity contribution in [1.82, 2.24) is 0 Å². The molecule has 3 N–H and O–H groups in total. The third-order valence-corrected chi connectivity index (χ3v) is 11.9. The molecule has 0 bridgehead atoms. The summed E-state index contributed by atoms with van der Waals surface area (Å²) in [5.74, 6) is -5.23. The Hall–Kier alpha value is -2.46. The van der Waals surface area contributed by atoms with Crippen LogP contribution in [0.25, 0.3) is 0 Å². The van der Waals surface area contributed by atoms with Crippen LogP contribution in [0.3, 0.4) is 0 Å². The molecule has 1 atom stereocenters. The van der Waals surface area contributed by atoms with E-state index < -0.39 is 49.5 Å². The second-order valence-electron chi connectivity index (χ2n) is 12.7. The molecule has 38 heavy (non-hydrogen) atoms. The molecule has 0 radical (unpaired) electrons. The number of ether oxygens (including phenoxy) is 1. The average molecular weight is 554 g/mol. The maximum atomic E-state index is 15.4. The van der Waals surface area contributed by atoms with Crippen LogP contribution in [0, 0.1) is 5.82 Å². The Morgan fingerprint density at radius 3 is 2.21 bits per heavy atom. The van der Waals surface area contributed by atoms with Crippen molar-refractivity contribution in [1.29, 1.82) is 0 Å². The lowest BCUT2D eigenvalue weighted by Crippen LogP contribution is -2.55. The van der Waals surface area contributed by atoms with E-state index in [1.54, 1.807) is 0 Å². The first-order chi connectivity index (χ1) is 17.6. The van der Waals surface area contributed by atoms with E-state index in [9.17, 15) is 14.4 Å². The number of primary amides is 1. The van der Waals surface area contributed by atoms with E-state index in [1.165, 1.54) is 12.1 Å². The summed E-state index contributed by atoms with van der Waals surface area (Å²) >= 11 is 0. The van der Waals surface area contributed by atoms with E-state index in [-0.39, 0.29) is 29.4 Å².